The summed E-state index contributed by atoms with van der Waals surface area (Å²) in [6, 6.07) is 13.5. The molecular formula is C16H14N2O2S3. The van der Waals surface area contributed by atoms with Crippen molar-refractivity contribution in [3.05, 3.63) is 58.4 Å². The fourth-order valence-electron chi connectivity index (χ4n) is 2.62. The van der Waals surface area contributed by atoms with E-state index in [9.17, 15) is 8.42 Å². The van der Waals surface area contributed by atoms with Crippen molar-refractivity contribution in [1.82, 2.24) is 9.29 Å². The molecule has 4 rings (SSSR count). The summed E-state index contributed by atoms with van der Waals surface area (Å²) in [7, 11) is -3.39. The Bertz CT molecular complexity index is 916. The van der Waals surface area contributed by atoms with Crippen molar-refractivity contribution in [3.63, 3.8) is 0 Å². The van der Waals surface area contributed by atoms with Crippen LogP contribution in [0.25, 0.3) is 10.6 Å². The molecule has 0 spiro atoms. The Morgan fingerprint density at radius 2 is 1.91 bits per heavy atom. The van der Waals surface area contributed by atoms with E-state index in [0.29, 0.717) is 23.7 Å². The van der Waals surface area contributed by atoms with Gasteiger partial charge in [0.1, 0.15) is 9.22 Å². The standard InChI is InChI=1S/C16H14N2O2S3/c19-23(20,15-7-4-10-21-15)18-9-8-13-14(11-18)22-16(17-13)12-5-2-1-3-6-12/h1-7,10H,8-9,11H2. The summed E-state index contributed by atoms with van der Waals surface area (Å²) in [4.78, 5) is 5.75. The Kier molecular flexibility index (Phi) is 3.81. The van der Waals surface area contributed by atoms with E-state index in [4.69, 9.17) is 4.98 Å². The third kappa shape index (κ3) is 2.74. The number of thiazole rings is 1. The maximum Gasteiger partial charge on any atom is 0.252 e. The second-order valence-corrected chi connectivity index (χ2v) is 9.47. The van der Waals surface area contributed by atoms with Gasteiger partial charge < -0.3 is 0 Å². The molecule has 0 amide bonds. The molecule has 3 heterocycles. The average molecular weight is 363 g/mol. The van der Waals surface area contributed by atoms with Crippen LogP contribution in [0.5, 0.6) is 0 Å². The summed E-state index contributed by atoms with van der Waals surface area (Å²) in [6.45, 7) is 0.908. The van der Waals surface area contributed by atoms with Gasteiger partial charge >= 0.3 is 0 Å². The first-order chi connectivity index (χ1) is 11.1. The van der Waals surface area contributed by atoms with Gasteiger partial charge in [0, 0.05) is 23.4 Å². The van der Waals surface area contributed by atoms with E-state index in [2.05, 4.69) is 0 Å². The smallest absolute Gasteiger partial charge is 0.241 e. The van der Waals surface area contributed by atoms with Crippen LogP contribution in [0.2, 0.25) is 0 Å². The van der Waals surface area contributed by atoms with Crippen LogP contribution in [0.4, 0.5) is 0 Å². The number of aromatic nitrogens is 1. The lowest BCUT2D eigenvalue weighted by Gasteiger charge is -2.24. The van der Waals surface area contributed by atoms with Crippen molar-refractivity contribution in [3.8, 4) is 10.6 Å². The van der Waals surface area contributed by atoms with Gasteiger partial charge in [-0.05, 0) is 11.4 Å². The third-order valence-electron chi connectivity index (χ3n) is 3.81. The summed E-state index contributed by atoms with van der Waals surface area (Å²) >= 11 is 2.86. The molecule has 0 fully saturated rings. The molecule has 1 aliphatic rings. The normalized spacial score (nSPS) is 15.5. The summed E-state index contributed by atoms with van der Waals surface area (Å²) in [5, 5.41) is 2.76. The number of hydrogen-bond acceptors (Lipinski definition) is 5. The number of fused-ring (bicyclic) bond motifs is 1. The summed E-state index contributed by atoms with van der Waals surface area (Å²) < 4.78 is 27.3. The van der Waals surface area contributed by atoms with Crippen LogP contribution in [0, 0.1) is 0 Å². The molecule has 0 radical (unpaired) electrons. The number of hydrogen-bond donors (Lipinski definition) is 0. The first-order valence-corrected chi connectivity index (χ1v) is 10.4. The molecule has 0 saturated heterocycles. The van der Waals surface area contributed by atoms with Crippen molar-refractivity contribution in [2.24, 2.45) is 0 Å². The average Bonchev–Trinajstić information content (AvgIpc) is 3.24. The predicted molar refractivity (Wildman–Crippen MR) is 93.2 cm³/mol. The maximum atomic E-state index is 12.7. The molecule has 7 heteroatoms. The molecule has 1 aromatic carbocycles. The van der Waals surface area contributed by atoms with Crippen LogP contribution in [0.1, 0.15) is 10.6 Å². The van der Waals surface area contributed by atoms with Crippen LogP contribution >= 0.6 is 22.7 Å². The van der Waals surface area contributed by atoms with Crippen LogP contribution in [0.3, 0.4) is 0 Å². The number of thiophene rings is 1. The zero-order valence-electron chi connectivity index (χ0n) is 12.2. The second-order valence-electron chi connectivity index (χ2n) is 5.28. The zero-order chi connectivity index (χ0) is 15.9. The van der Waals surface area contributed by atoms with Crippen molar-refractivity contribution in [2.45, 2.75) is 17.2 Å². The molecule has 0 unspecified atom stereocenters. The van der Waals surface area contributed by atoms with Gasteiger partial charge in [0.15, 0.2) is 0 Å². The van der Waals surface area contributed by atoms with Gasteiger partial charge in [0.25, 0.3) is 10.0 Å². The molecule has 118 valence electrons. The summed E-state index contributed by atoms with van der Waals surface area (Å²) in [5.41, 5.74) is 2.12. The van der Waals surface area contributed by atoms with Gasteiger partial charge in [-0.2, -0.15) is 4.31 Å². The molecule has 23 heavy (non-hydrogen) atoms. The van der Waals surface area contributed by atoms with E-state index < -0.39 is 10.0 Å². The van der Waals surface area contributed by atoms with Crippen LogP contribution in [-0.2, 0) is 23.0 Å². The van der Waals surface area contributed by atoms with E-state index in [1.165, 1.54) is 11.3 Å². The Morgan fingerprint density at radius 1 is 1.09 bits per heavy atom. The van der Waals surface area contributed by atoms with E-state index in [1.807, 2.05) is 30.3 Å². The van der Waals surface area contributed by atoms with Gasteiger partial charge in [0.05, 0.1) is 12.2 Å². The molecule has 3 aromatic rings. The quantitative estimate of drug-likeness (QED) is 0.715. The minimum atomic E-state index is -3.39. The first kappa shape index (κ1) is 15.0. The van der Waals surface area contributed by atoms with Crippen molar-refractivity contribution in [1.29, 1.82) is 0 Å². The highest BCUT2D eigenvalue weighted by atomic mass is 32.2. The molecule has 0 N–H and O–H groups in total. The van der Waals surface area contributed by atoms with Gasteiger partial charge in [-0.3, -0.25) is 0 Å². The summed E-state index contributed by atoms with van der Waals surface area (Å²) in [5.74, 6) is 0. The molecule has 0 bridgehead atoms. The number of rotatable bonds is 3. The molecule has 2 aromatic heterocycles. The Labute approximate surface area is 143 Å². The predicted octanol–water partition coefficient (Wildman–Crippen LogP) is 3.62. The molecule has 1 aliphatic heterocycles. The second kappa shape index (κ2) is 5.83. The van der Waals surface area contributed by atoms with E-state index in [0.717, 1.165) is 21.1 Å². The fourth-order valence-corrected chi connectivity index (χ4v) is 6.38. The number of nitrogens with zero attached hydrogens (tertiary/aromatic N) is 2. The molecule has 0 aliphatic carbocycles. The largest absolute Gasteiger partial charge is 0.252 e. The van der Waals surface area contributed by atoms with E-state index in [-0.39, 0.29) is 0 Å². The maximum absolute atomic E-state index is 12.7. The number of sulfonamides is 1. The van der Waals surface area contributed by atoms with Gasteiger partial charge in [-0.1, -0.05) is 36.4 Å². The minimum Gasteiger partial charge on any atom is -0.241 e. The first-order valence-electron chi connectivity index (χ1n) is 7.22. The monoisotopic (exact) mass is 362 g/mol. The highest BCUT2D eigenvalue weighted by Crippen LogP contribution is 2.33. The van der Waals surface area contributed by atoms with Crippen LogP contribution in [0.15, 0.2) is 52.1 Å². The van der Waals surface area contributed by atoms with Gasteiger partial charge in [-0.15, -0.1) is 22.7 Å². The fraction of sp³-hybridized carbons (Fsp3) is 0.188. The van der Waals surface area contributed by atoms with Gasteiger partial charge in [-0.25, -0.2) is 13.4 Å². The SMILES string of the molecule is O=S(=O)(c1cccs1)N1CCc2nc(-c3ccccc3)sc2C1. The molecule has 0 atom stereocenters. The summed E-state index contributed by atoms with van der Waals surface area (Å²) in [6.07, 6.45) is 0.670. The number of benzene rings is 1. The van der Waals surface area contributed by atoms with E-state index >= 15 is 0 Å². The lowest BCUT2D eigenvalue weighted by Crippen LogP contribution is -2.35. The highest BCUT2D eigenvalue weighted by Gasteiger charge is 2.31. The topological polar surface area (TPSA) is 50.3 Å². The molecule has 0 saturated carbocycles. The van der Waals surface area contributed by atoms with Gasteiger partial charge in [0.2, 0.25) is 0 Å². The minimum absolute atomic E-state index is 0.411. The lowest BCUT2D eigenvalue weighted by atomic mass is 10.2. The van der Waals surface area contributed by atoms with Crippen LogP contribution in [-0.4, -0.2) is 24.3 Å². The lowest BCUT2D eigenvalue weighted by molar-refractivity contribution is 0.394. The van der Waals surface area contributed by atoms with Crippen LogP contribution < -0.4 is 0 Å². The molecule has 4 nitrogen and oxygen atoms in total. The van der Waals surface area contributed by atoms with Crippen molar-refractivity contribution in [2.75, 3.05) is 6.54 Å². The Balaban J connectivity index is 1.64. The highest BCUT2D eigenvalue weighted by molar-refractivity contribution is 7.91. The molecular weight excluding hydrogens is 348 g/mol. The van der Waals surface area contributed by atoms with E-state index in [1.54, 1.807) is 33.2 Å². The zero-order valence-corrected chi connectivity index (χ0v) is 14.6. The third-order valence-corrected chi connectivity index (χ3v) is 8.16. The van der Waals surface area contributed by atoms with Crippen molar-refractivity contribution >= 4 is 32.7 Å². The Morgan fingerprint density at radius 3 is 2.65 bits per heavy atom. The Hall–Kier alpha value is -1.54. The van der Waals surface area contributed by atoms with Crippen molar-refractivity contribution < 1.29 is 8.42 Å².